The number of aromatic nitrogens is 3. The van der Waals surface area contributed by atoms with E-state index in [4.69, 9.17) is 0 Å². The maximum atomic E-state index is 4.56. The Balaban J connectivity index is 1.79. The molecule has 0 amide bonds. The van der Waals surface area contributed by atoms with E-state index in [-0.39, 0.29) is 0 Å². The molecule has 0 fully saturated rings. The minimum atomic E-state index is 0.926. The quantitative estimate of drug-likeness (QED) is 0.733. The predicted molar refractivity (Wildman–Crippen MR) is 84.1 cm³/mol. The molecule has 0 spiro atoms. The van der Waals surface area contributed by atoms with Gasteiger partial charge < -0.3 is 4.98 Å². The molecule has 1 N–H and O–H groups in total. The van der Waals surface area contributed by atoms with E-state index in [2.05, 4.69) is 47.9 Å². The summed E-state index contributed by atoms with van der Waals surface area (Å²) in [6.45, 7) is 6.51. The number of pyridine rings is 1. The number of fused-ring (bicyclic) bond motifs is 1. The van der Waals surface area contributed by atoms with Crippen molar-refractivity contribution < 1.29 is 0 Å². The van der Waals surface area contributed by atoms with Gasteiger partial charge in [-0.15, -0.1) is 0 Å². The van der Waals surface area contributed by atoms with Gasteiger partial charge in [-0.05, 0) is 49.1 Å². The molecular formula is C16H17N3S. The lowest BCUT2D eigenvalue weighted by molar-refractivity contribution is 1.08. The number of benzene rings is 1. The minimum absolute atomic E-state index is 0.926. The van der Waals surface area contributed by atoms with E-state index in [1.165, 1.54) is 22.3 Å². The van der Waals surface area contributed by atoms with Crippen molar-refractivity contribution in [2.24, 2.45) is 0 Å². The summed E-state index contributed by atoms with van der Waals surface area (Å²) in [5.74, 6) is 0.926. The second-order valence-corrected chi connectivity index (χ2v) is 6.04. The molecule has 3 aromatic rings. The Labute approximate surface area is 122 Å². The van der Waals surface area contributed by atoms with Crippen molar-refractivity contribution in [3.05, 3.63) is 52.8 Å². The predicted octanol–water partition coefficient (Wildman–Crippen LogP) is 4.18. The highest BCUT2D eigenvalue weighted by atomic mass is 32.2. The van der Waals surface area contributed by atoms with Crippen molar-refractivity contribution in [2.45, 2.75) is 31.7 Å². The van der Waals surface area contributed by atoms with E-state index < -0.39 is 0 Å². The number of aryl methyl sites for hydroxylation is 2. The fourth-order valence-corrected chi connectivity index (χ4v) is 3.08. The van der Waals surface area contributed by atoms with Crippen LogP contribution in [0.2, 0.25) is 0 Å². The minimum Gasteiger partial charge on any atom is -0.332 e. The molecule has 0 saturated carbocycles. The van der Waals surface area contributed by atoms with Crippen LogP contribution in [0.4, 0.5) is 0 Å². The summed E-state index contributed by atoms with van der Waals surface area (Å²) in [5.41, 5.74) is 7.40. The topological polar surface area (TPSA) is 41.6 Å². The normalized spacial score (nSPS) is 11.2. The monoisotopic (exact) mass is 283 g/mol. The Morgan fingerprint density at radius 3 is 2.60 bits per heavy atom. The molecule has 0 aliphatic carbocycles. The van der Waals surface area contributed by atoms with Crippen LogP contribution in [0.25, 0.3) is 11.0 Å². The van der Waals surface area contributed by atoms with Crippen molar-refractivity contribution in [2.75, 3.05) is 0 Å². The fourth-order valence-electron chi connectivity index (χ4n) is 2.26. The third kappa shape index (κ3) is 2.56. The Kier molecular flexibility index (Phi) is 3.49. The van der Waals surface area contributed by atoms with Gasteiger partial charge in [0, 0.05) is 11.9 Å². The SMILES string of the molecule is Cc1cc(CSc2nc3ccncc3[nH]2)cc(C)c1C. The summed E-state index contributed by atoms with van der Waals surface area (Å²) >= 11 is 1.73. The van der Waals surface area contributed by atoms with Gasteiger partial charge in [0.2, 0.25) is 0 Å². The highest BCUT2D eigenvalue weighted by Gasteiger charge is 2.05. The van der Waals surface area contributed by atoms with Gasteiger partial charge in [-0.3, -0.25) is 4.98 Å². The summed E-state index contributed by atoms with van der Waals surface area (Å²) in [5, 5.41) is 0.948. The van der Waals surface area contributed by atoms with Gasteiger partial charge >= 0.3 is 0 Å². The molecule has 2 heterocycles. The molecule has 0 radical (unpaired) electrons. The van der Waals surface area contributed by atoms with Crippen LogP contribution in [0.3, 0.4) is 0 Å². The molecule has 20 heavy (non-hydrogen) atoms. The third-order valence-electron chi connectivity index (χ3n) is 3.62. The number of thioether (sulfide) groups is 1. The van der Waals surface area contributed by atoms with Gasteiger partial charge in [0.05, 0.1) is 17.2 Å². The van der Waals surface area contributed by atoms with E-state index in [9.17, 15) is 0 Å². The molecule has 0 aliphatic heterocycles. The first kappa shape index (κ1) is 13.2. The zero-order valence-corrected chi connectivity index (χ0v) is 12.7. The lowest BCUT2D eigenvalue weighted by atomic mass is 10.0. The molecule has 0 bridgehead atoms. The lowest BCUT2D eigenvalue weighted by Gasteiger charge is -2.08. The van der Waals surface area contributed by atoms with Crippen LogP contribution in [0.1, 0.15) is 22.3 Å². The summed E-state index contributed by atoms with van der Waals surface area (Å²) < 4.78 is 0. The first-order valence-corrected chi connectivity index (χ1v) is 7.61. The van der Waals surface area contributed by atoms with Gasteiger partial charge in [0.25, 0.3) is 0 Å². The zero-order valence-electron chi connectivity index (χ0n) is 11.9. The first-order chi connectivity index (χ1) is 9.63. The van der Waals surface area contributed by atoms with E-state index in [0.717, 1.165) is 21.9 Å². The second kappa shape index (κ2) is 5.29. The summed E-state index contributed by atoms with van der Waals surface area (Å²) in [6, 6.07) is 6.45. The van der Waals surface area contributed by atoms with Crippen molar-refractivity contribution >= 4 is 22.8 Å². The number of hydrogen-bond acceptors (Lipinski definition) is 3. The van der Waals surface area contributed by atoms with Crippen molar-refractivity contribution in [3.63, 3.8) is 0 Å². The number of rotatable bonds is 3. The second-order valence-electron chi connectivity index (χ2n) is 5.08. The van der Waals surface area contributed by atoms with Gasteiger partial charge in [0.15, 0.2) is 5.16 Å². The zero-order chi connectivity index (χ0) is 14.1. The number of hydrogen-bond donors (Lipinski definition) is 1. The van der Waals surface area contributed by atoms with Crippen LogP contribution in [0, 0.1) is 20.8 Å². The van der Waals surface area contributed by atoms with E-state index in [0.29, 0.717) is 0 Å². The van der Waals surface area contributed by atoms with Crippen molar-refractivity contribution in [3.8, 4) is 0 Å². The van der Waals surface area contributed by atoms with E-state index in [1.807, 2.05) is 12.3 Å². The molecule has 4 heteroatoms. The maximum absolute atomic E-state index is 4.56. The van der Waals surface area contributed by atoms with Crippen LogP contribution in [-0.2, 0) is 5.75 Å². The summed E-state index contributed by atoms with van der Waals surface area (Å²) in [4.78, 5) is 12.0. The Hall–Kier alpha value is -1.81. The summed E-state index contributed by atoms with van der Waals surface area (Å²) in [6.07, 6.45) is 3.58. The lowest BCUT2D eigenvalue weighted by Crippen LogP contribution is -1.91. The third-order valence-corrected chi connectivity index (χ3v) is 4.57. The van der Waals surface area contributed by atoms with Gasteiger partial charge in [-0.1, -0.05) is 23.9 Å². The standard InChI is InChI=1S/C16H17N3S/c1-10-6-13(7-11(2)12(10)3)9-20-16-18-14-4-5-17-8-15(14)19-16/h4-8H,9H2,1-3H3,(H,18,19). The first-order valence-electron chi connectivity index (χ1n) is 6.63. The molecule has 0 aliphatic rings. The molecule has 2 aromatic heterocycles. The van der Waals surface area contributed by atoms with Crippen LogP contribution in [-0.4, -0.2) is 15.0 Å². The van der Waals surface area contributed by atoms with E-state index in [1.54, 1.807) is 18.0 Å². The van der Waals surface area contributed by atoms with Crippen LogP contribution in [0.5, 0.6) is 0 Å². The van der Waals surface area contributed by atoms with Crippen molar-refractivity contribution in [1.82, 2.24) is 15.0 Å². The maximum Gasteiger partial charge on any atom is 0.166 e. The molecule has 3 nitrogen and oxygen atoms in total. The highest BCUT2D eigenvalue weighted by molar-refractivity contribution is 7.98. The summed E-state index contributed by atoms with van der Waals surface area (Å²) in [7, 11) is 0. The molecule has 0 saturated heterocycles. The Bertz CT molecular complexity index is 705. The van der Waals surface area contributed by atoms with Gasteiger partial charge in [-0.2, -0.15) is 0 Å². The van der Waals surface area contributed by atoms with Crippen LogP contribution in [0.15, 0.2) is 35.7 Å². The Morgan fingerprint density at radius 2 is 1.90 bits per heavy atom. The average molecular weight is 283 g/mol. The number of nitrogens with one attached hydrogen (secondary N) is 1. The fraction of sp³-hybridized carbons (Fsp3) is 0.250. The number of aromatic amines is 1. The van der Waals surface area contributed by atoms with E-state index >= 15 is 0 Å². The highest BCUT2D eigenvalue weighted by Crippen LogP contribution is 2.24. The van der Waals surface area contributed by atoms with Gasteiger partial charge in [0.1, 0.15) is 0 Å². The Morgan fingerprint density at radius 1 is 1.15 bits per heavy atom. The molecule has 0 atom stereocenters. The average Bonchev–Trinajstić information content (AvgIpc) is 2.85. The molecule has 102 valence electrons. The van der Waals surface area contributed by atoms with Crippen LogP contribution < -0.4 is 0 Å². The molecule has 0 unspecified atom stereocenters. The molecule has 3 rings (SSSR count). The number of H-pyrrole nitrogens is 1. The van der Waals surface area contributed by atoms with Crippen molar-refractivity contribution in [1.29, 1.82) is 0 Å². The smallest absolute Gasteiger partial charge is 0.166 e. The van der Waals surface area contributed by atoms with Gasteiger partial charge in [-0.25, -0.2) is 4.98 Å². The number of nitrogens with zero attached hydrogens (tertiary/aromatic N) is 2. The molecule has 1 aromatic carbocycles. The number of imidazole rings is 1. The largest absolute Gasteiger partial charge is 0.332 e. The molecular weight excluding hydrogens is 266 g/mol. The van der Waals surface area contributed by atoms with Crippen LogP contribution >= 0.6 is 11.8 Å².